The Kier molecular flexibility index (Phi) is 6.01. The average molecular weight is 341 g/mol. The predicted molar refractivity (Wildman–Crippen MR) is 85.6 cm³/mol. The fraction of sp³-hybridized carbons (Fsp3) is 0.471. The van der Waals surface area contributed by atoms with Crippen LogP contribution in [0.3, 0.4) is 0 Å². The highest BCUT2D eigenvalue weighted by Gasteiger charge is 2.29. The number of rotatable bonds is 7. The molecule has 4 nitrogen and oxygen atoms in total. The molecule has 0 unspecified atom stereocenters. The van der Waals surface area contributed by atoms with Crippen molar-refractivity contribution < 1.29 is 18.3 Å². The van der Waals surface area contributed by atoms with Crippen molar-refractivity contribution in [1.82, 2.24) is 15.1 Å². The van der Waals surface area contributed by atoms with E-state index in [1.807, 2.05) is 13.8 Å². The molecule has 0 fully saturated rings. The Bertz CT molecular complexity index is 663. The lowest BCUT2D eigenvalue weighted by Crippen LogP contribution is -2.18. The van der Waals surface area contributed by atoms with E-state index in [9.17, 15) is 13.2 Å². The standard InChI is InChI=1S/C17H22F3N3O/c1-12-16(13(2)23(22-12)9-10-24)11-21-8-7-14-3-5-15(6-4-14)17(18,19)20/h3-6,21,24H,7-11H2,1-2H3. The first-order valence-corrected chi connectivity index (χ1v) is 7.83. The van der Waals surface area contributed by atoms with Crippen LogP contribution in [0.5, 0.6) is 0 Å². The van der Waals surface area contributed by atoms with E-state index in [2.05, 4.69) is 10.4 Å². The van der Waals surface area contributed by atoms with Crippen molar-refractivity contribution in [3.63, 3.8) is 0 Å². The summed E-state index contributed by atoms with van der Waals surface area (Å²) in [5.74, 6) is 0. The van der Waals surface area contributed by atoms with Gasteiger partial charge in [0.15, 0.2) is 0 Å². The number of nitrogens with one attached hydrogen (secondary N) is 1. The third-order valence-corrected chi connectivity index (χ3v) is 4.02. The largest absolute Gasteiger partial charge is 0.416 e. The second kappa shape index (κ2) is 7.81. The molecule has 0 atom stereocenters. The number of halogens is 3. The molecule has 2 rings (SSSR count). The number of aliphatic hydroxyl groups is 1. The normalized spacial score (nSPS) is 11.9. The van der Waals surface area contributed by atoms with Crippen LogP contribution in [-0.4, -0.2) is 28.0 Å². The molecule has 0 amide bonds. The highest BCUT2D eigenvalue weighted by Crippen LogP contribution is 2.29. The Morgan fingerprint density at radius 1 is 1.17 bits per heavy atom. The van der Waals surface area contributed by atoms with Crippen molar-refractivity contribution in [2.24, 2.45) is 0 Å². The maximum atomic E-state index is 12.5. The summed E-state index contributed by atoms with van der Waals surface area (Å²) in [5.41, 5.74) is 3.27. The lowest BCUT2D eigenvalue weighted by atomic mass is 10.1. The van der Waals surface area contributed by atoms with Gasteiger partial charge >= 0.3 is 6.18 Å². The number of aromatic nitrogens is 2. The van der Waals surface area contributed by atoms with Gasteiger partial charge in [0, 0.05) is 17.8 Å². The number of nitrogens with zero attached hydrogens (tertiary/aromatic N) is 2. The first kappa shape index (κ1) is 18.5. The molecule has 132 valence electrons. The Hall–Kier alpha value is -1.86. The van der Waals surface area contributed by atoms with Crippen molar-refractivity contribution in [3.8, 4) is 0 Å². The molecular weight excluding hydrogens is 319 g/mol. The molecule has 0 aliphatic heterocycles. The summed E-state index contributed by atoms with van der Waals surface area (Å²) in [5, 5.41) is 16.7. The van der Waals surface area contributed by atoms with Crippen LogP contribution in [0.4, 0.5) is 13.2 Å². The zero-order valence-electron chi connectivity index (χ0n) is 13.8. The van der Waals surface area contributed by atoms with E-state index in [1.165, 1.54) is 12.1 Å². The van der Waals surface area contributed by atoms with Gasteiger partial charge in [-0.1, -0.05) is 12.1 Å². The molecular formula is C17H22F3N3O. The molecule has 1 aromatic heterocycles. The Balaban J connectivity index is 1.85. The van der Waals surface area contributed by atoms with Crippen LogP contribution in [0.25, 0.3) is 0 Å². The molecule has 7 heteroatoms. The maximum absolute atomic E-state index is 12.5. The van der Waals surface area contributed by atoms with Gasteiger partial charge in [-0.15, -0.1) is 0 Å². The monoisotopic (exact) mass is 341 g/mol. The van der Waals surface area contributed by atoms with Crippen LogP contribution in [0.15, 0.2) is 24.3 Å². The molecule has 0 aliphatic carbocycles. The fourth-order valence-electron chi connectivity index (χ4n) is 2.61. The van der Waals surface area contributed by atoms with Gasteiger partial charge < -0.3 is 10.4 Å². The summed E-state index contributed by atoms with van der Waals surface area (Å²) in [7, 11) is 0. The first-order valence-electron chi connectivity index (χ1n) is 7.83. The van der Waals surface area contributed by atoms with E-state index in [0.717, 1.165) is 34.6 Å². The molecule has 0 saturated heterocycles. The number of alkyl halides is 3. The van der Waals surface area contributed by atoms with E-state index in [-0.39, 0.29) is 6.61 Å². The van der Waals surface area contributed by atoms with E-state index in [0.29, 0.717) is 26.1 Å². The van der Waals surface area contributed by atoms with Gasteiger partial charge in [-0.25, -0.2) is 0 Å². The van der Waals surface area contributed by atoms with E-state index < -0.39 is 11.7 Å². The van der Waals surface area contributed by atoms with Gasteiger partial charge in [0.2, 0.25) is 0 Å². The van der Waals surface area contributed by atoms with Gasteiger partial charge in [0.25, 0.3) is 0 Å². The molecule has 0 radical (unpaired) electrons. The van der Waals surface area contributed by atoms with Crippen LogP contribution in [0, 0.1) is 13.8 Å². The highest BCUT2D eigenvalue weighted by molar-refractivity contribution is 5.26. The van der Waals surface area contributed by atoms with E-state index >= 15 is 0 Å². The molecule has 2 aromatic rings. The van der Waals surface area contributed by atoms with Gasteiger partial charge in [-0.3, -0.25) is 4.68 Å². The minimum atomic E-state index is -4.29. The quantitative estimate of drug-likeness (QED) is 0.762. The number of hydrogen-bond donors (Lipinski definition) is 2. The van der Waals surface area contributed by atoms with Crippen molar-refractivity contribution in [2.45, 2.75) is 39.5 Å². The zero-order valence-corrected chi connectivity index (χ0v) is 13.8. The van der Waals surface area contributed by atoms with Gasteiger partial charge in [-0.2, -0.15) is 18.3 Å². The fourth-order valence-corrected chi connectivity index (χ4v) is 2.61. The molecule has 1 aromatic carbocycles. The molecule has 2 N–H and O–H groups in total. The van der Waals surface area contributed by atoms with Crippen LogP contribution < -0.4 is 5.32 Å². The van der Waals surface area contributed by atoms with Crippen LogP contribution in [0.2, 0.25) is 0 Å². The van der Waals surface area contributed by atoms with Gasteiger partial charge in [0.05, 0.1) is 24.4 Å². The Morgan fingerprint density at radius 2 is 1.83 bits per heavy atom. The molecule has 0 spiro atoms. The summed E-state index contributed by atoms with van der Waals surface area (Å²) >= 11 is 0. The van der Waals surface area contributed by atoms with Crippen molar-refractivity contribution in [3.05, 3.63) is 52.3 Å². The summed E-state index contributed by atoms with van der Waals surface area (Å²) < 4.78 is 39.3. The number of hydrogen-bond acceptors (Lipinski definition) is 3. The lowest BCUT2D eigenvalue weighted by molar-refractivity contribution is -0.137. The Labute approximate surface area is 139 Å². The predicted octanol–water partition coefficient (Wildman–Crippen LogP) is 2.84. The summed E-state index contributed by atoms with van der Waals surface area (Å²) in [4.78, 5) is 0. The van der Waals surface area contributed by atoms with E-state index in [4.69, 9.17) is 5.11 Å². The number of aliphatic hydroxyl groups excluding tert-OH is 1. The van der Waals surface area contributed by atoms with Crippen molar-refractivity contribution in [1.29, 1.82) is 0 Å². The van der Waals surface area contributed by atoms with Crippen LogP contribution in [0.1, 0.15) is 28.1 Å². The van der Waals surface area contributed by atoms with Crippen molar-refractivity contribution >= 4 is 0 Å². The minimum absolute atomic E-state index is 0.0444. The molecule has 0 bridgehead atoms. The highest BCUT2D eigenvalue weighted by atomic mass is 19.4. The van der Waals surface area contributed by atoms with Crippen molar-refractivity contribution in [2.75, 3.05) is 13.2 Å². The summed E-state index contributed by atoms with van der Waals surface area (Å²) in [6.07, 6.45) is -3.64. The lowest BCUT2D eigenvalue weighted by Gasteiger charge is -2.09. The van der Waals surface area contributed by atoms with Crippen LogP contribution >= 0.6 is 0 Å². The number of aryl methyl sites for hydroxylation is 1. The third kappa shape index (κ3) is 4.58. The molecule has 0 aliphatic rings. The molecule has 1 heterocycles. The molecule has 24 heavy (non-hydrogen) atoms. The minimum Gasteiger partial charge on any atom is -0.394 e. The first-order chi connectivity index (χ1) is 11.3. The Morgan fingerprint density at radius 3 is 2.42 bits per heavy atom. The second-order valence-corrected chi connectivity index (χ2v) is 5.72. The second-order valence-electron chi connectivity index (χ2n) is 5.72. The van der Waals surface area contributed by atoms with Crippen LogP contribution in [-0.2, 0) is 25.7 Å². The SMILES string of the molecule is Cc1nn(CCO)c(C)c1CNCCc1ccc(C(F)(F)F)cc1. The summed E-state index contributed by atoms with van der Waals surface area (Å²) in [6.45, 7) is 5.70. The zero-order chi connectivity index (χ0) is 17.7. The average Bonchev–Trinajstić information content (AvgIpc) is 2.78. The molecule has 0 saturated carbocycles. The number of benzene rings is 1. The smallest absolute Gasteiger partial charge is 0.394 e. The van der Waals surface area contributed by atoms with E-state index in [1.54, 1.807) is 4.68 Å². The van der Waals surface area contributed by atoms with Gasteiger partial charge in [-0.05, 0) is 44.5 Å². The van der Waals surface area contributed by atoms with Gasteiger partial charge in [0.1, 0.15) is 0 Å². The topological polar surface area (TPSA) is 50.1 Å². The summed E-state index contributed by atoms with van der Waals surface area (Å²) in [6, 6.07) is 5.26. The third-order valence-electron chi connectivity index (χ3n) is 4.02. The maximum Gasteiger partial charge on any atom is 0.416 e.